The Hall–Kier alpha value is -0.850. The van der Waals surface area contributed by atoms with Gasteiger partial charge in [-0.25, -0.2) is 13.1 Å². The third-order valence-electron chi connectivity index (χ3n) is 3.42. The third-order valence-corrected chi connectivity index (χ3v) is 4.97. The molecular formula is C13H22N2O3S. The maximum Gasteiger partial charge on any atom is 0.211 e. The molecule has 1 aromatic rings. The van der Waals surface area contributed by atoms with E-state index >= 15 is 0 Å². The standard InChI is InChI=1S/C13H22N2O3S/c1-2-10-19(16,17)14-11-12(13-6-5-9-18-13)15-7-3-4-8-15/h5-6,9,12,14H,2-4,7-8,10-11H2,1H3. The van der Waals surface area contributed by atoms with Crippen molar-refractivity contribution in [3.63, 3.8) is 0 Å². The summed E-state index contributed by atoms with van der Waals surface area (Å²) in [5.41, 5.74) is 0. The Labute approximate surface area is 115 Å². The van der Waals surface area contributed by atoms with Crippen molar-refractivity contribution in [3.8, 4) is 0 Å². The molecule has 5 nitrogen and oxygen atoms in total. The molecule has 2 heterocycles. The van der Waals surface area contributed by atoms with Crippen LogP contribution >= 0.6 is 0 Å². The first-order valence-corrected chi connectivity index (χ1v) is 8.52. The van der Waals surface area contributed by atoms with E-state index in [2.05, 4.69) is 9.62 Å². The maximum atomic E-state index is 11.8. The lowest BCUT2D eigenvalue weighted by Crippen LogP contribution is -2.37. The molecule has 0 amide bonds. The van der Waals surface area contributed by atoms with Crippen LogP contribution in [-0.2, 0) is 10.0 Å². The van der Waals surface area contributed by atoms with Gasteiger partial charge in [0, 0.05) is 6.54 Å². The van der Waals surface area contributed by atoms with Gasteiger partial charge in [-0.15, -0.1) is 0 Å². The fraction of sp³-hybridized carbons (Fsp3) is 0.692. The van der Waals surface area contributed by atoms with Crippen LogP contribution in [0.3, 0.4) is 0 Å². The quantitative estimate of drug-likeness (QED) is 0.829. The highest BCUT2D eigenvalue weighted by Crippen LogP contribution is 2.25. The molecule has 108 valence electrons. The van der Waals surface area contributed by atoms with Gasteiger partial charge in [0.05, 0.1) is 18.1 Å². The van der Waals surface area contributed by atoms with E-state index < -0.39 is 10.0 Å². The van der Waals surface area contributed by atoms with E-state index in [1.165, 1.54) is 12.8 Å². The Balaban J connectivity index is 2.02. The monoisotopic (exact) mass is 286 g/mol. The van der Waals surface area contributed by atoms with E-state index in [4.69, 9.17) is 4.42 Å². The SMILES string of the molecule is CCCS(=O)(=O)NCC(c1ccco1)N1CCCC1. The number of likely N-dealkylation sites (tertiary alicyclic amines) is 1. The summed E-state index contributed by atoms with van der Waals surface area (Å²) in [7, 11) is -3.17. The van der Waals surface area contributed by atoms with Gasteiger partial charge < -0.3 is 4.42 Å². The van der Waals surface area contributed by atoms with Crippen molar-refractivity contribution >= 4 is 10.0 Å². The van der Waals surface area contributed by atoms with Gasteiger partial charge in [-0.05, 0) is 44.5 Å². The lowest BCUT2D eigenvalue weighted by Gasteiger charge is -2.25. The number of hydrogen-bond donors (Lipinski definition) is 1. The molecule has 1 aliphatic rings. The number of sulfonamides is 1. The van der Waals surface area contributed by atoms with Gasteiger partial charge in [-0.1, -0.05) is 6.92 Å². The van der Waals surface area contributed by atoms with Crippen LogP contribution in [0.25, 0.3) is 0 Å². The zero-order valence-electron chi connectivity index (χ0n) is 11.3. The Bertz CT molecular complexity index is 464. The minimum atomic E-state index is -3.17. The molecule has 0 bridgehead atoms. The molecule has 1 fully saturated rings. The summed E-state index contributed by atoms with van der Waals surface area (Å²) in [6.07, 6.45) is 4.60. The second kappa shape index (κ2) is 6.54. The summed E-state index contributed by atoms with van der Waals surface area (Å²) in [5.74, 6) is 1.01. The van der Waals surface area contributed by atoms with E-state index in [0.717, 1.165) is 18.8 Å². The Morgan fingerprint density at radius 3 is 2.74 bits per heavy atom. The van der Waals surface area contributed by atoms with E-state index in [-0.39, 0.29) is 11.8 Å². The van der Waals surface area contributed by atoms with Gasteiger partial charge in [0.2, 0.25) is 10.0 Å². The highest BCUT2D eigenvalue weighted by atomic mass is 32.2. The Kier molecular flexibility index (Phi) is 5.01. The van der Waals surface area contributed by atoms with Crippen LogP contribution in [-0.4, -0.2) is 38.7 Å². The topological polar surface area (TPSA) is 62.6 Å². The molecule has 0 radical (unpaired) electrons. The van der Waals surface area contributed by atoms with Gasteiger partial charge in [-0.2, -0.15) is 0 Å². The molecule has 0 aromatic carbocycles. The van der Waals surface area contributed by atoms with Gasteiger partial charge >= 0.3 is 0 Å². The molecule has 19 heavy (non-hydrogen) atoms. The van der Waals surface area contributed by atoms with Crippen LogP contribution in [0.1, 0.15) is 38.0 Å². The minimum Gasteiger partial charge on any atom is -0.468 e. The van der Waals surface area contributed by atoms with E-state index in [1.54, 1.807) is 6.26 Å². The summed E-state index contributed by atoms with van der Waals surface area (Å²) in [6.45, 7) is 4.25. The highest BCUT2D eigenvalue weighted by Gasteiger charge is 2.26. The predicted octanol–water partition coefficient (Wildman–Crippen LogP) is 1.75. The first kappa shape index (κ1) is 14.6. The predicted molar refractivity (Wildman–Crippen MR) is 74.3 cm³/mol. The van der Waals surface area contributed by atoms with Crippen molar-refractivity contribution in [1.82, 2.24) is 9.62 Å². The first-order chi connectivity index (χ1) is 9.12. The lowest BCUT2D eigenvalue weighted by molar-refractivity contribution is 0.216. The third kappa shape index (κ3) is 4.06. The van der Waals surface area contributed by atoms with Crippen LogP contribution in [0, 0.1) is 0 Å². The van der Waals surface area contributed by atoms with E-state index in [9.17, 15) is 8.42 Å². The normalized spacial score (nSPS) is 18.8. The van der Waals surface area contributed by atoms with Crippen LogP contribution in [0.15, 0.2) is 22.8 Å². The number of rotatable bonds is 7. The van der Waals surface area contributed by atoms with E-state index in [0.29, 0.717) is 13.0 Å². The summed E-state index contributed by atoms with van der Waals surface area (Å²) < 4.78 is 31.7. The summed E-state index contributed by atoms with van der Waals surface area (Å²) in [6, 6.07) is 3.76. The average molecular weight is 286 g/mol. The molecular weight excluding hydrogens is 264 g/mol. The molecule has 0 saturated carbocycles. The second-order valence-electron chi connectivity index (χ2n) is 4.94. The Morgan fingerprint density at radius 2 is 2.16 bits per heavy atom. The molecule has 0 spiro atoms. The molecule has 1 N–H and O–H groups in total. The van der Waals surface area contributed by atoms with Crippen LogP contribution < -0.4 is 4.72 Å². The number of furan rings is 1. The molecule has 1 atom stereocenters. The molecule has 6 heteroatoms. The van der Waals surface area contributed by atoms with Crippen molar-refractivity contribution < 1.29 is 12.8 Å². The zero-order chi connectivity index (χ0) is 13.7. The van der Waals surface area contributed by atoms with Crippen molar-refractivity contribution in [2.45, 2.75) is 32.2 Å². The minimum absolute atomic E-state index is 0.00383. The molecule has 1 unspecified atom stereocenters. The smallest absolute Gasteiger partial charge is 0.211 e. The van der Waals surface area contributed by atoms with Crippen molar-refractivity contribution in [2.75, 3.05) is 25.4 Å². The van der Waals surface area contributed by atoms with Gasteiger partial charge in [0.25, 0.3) is 0 Å². The largest absolute Gasteiger partial charge is 0.468 e. The van der Waals surface area contributed by atoms with Crippen LogP contribution in [0.4, 0.5) is 0 Å². The molecule has 1 aromatic heterocycles. The number of nitrogens with one attached hydrogen (secondary N) is 1. The molecule has 1 saturated heterocycles. The van der Waals surface area contributed by atoms with Gasteiger partial charge in [0.15, 0.2) is 0 Å². The van der Waals surface area contributed by atoms with Crippen LogP contribution in [0.5, 0.6) is 0 Å². The fourth-order valence-electron chi connectivity index (χ4n) is 2.49. The van der Waals surface area contributed by atoms with Crippen molar-refractivity contribution in [3.05, 3.63) is 24.2 Å². The fourth-order valence-corrected chi connectivity index (χ4v) is 3.58. The summed E-state index contributed by atoms with van der Waals surface area (Å²) >= 11 is 0. The second-order valence-corrected chi connectivity index (χ2v) is 6.87. The Morgan fingerprint density at radius 1 is 1.42 bits per heavy atom. The summed E-state index contributed by atoms with van der Waals surface area (Å²) in [5, 5.41) is 0. The first-order valence-electron chi connectivity index (χ1n) is 6.87. The van der Waals surface area contributed by atoms with Crippen LogP contribution in [0.2, 0.25) is 0 Å². The lowest BCUT2D eigenvalue weighted by atomic mass is 10.2. The number of nitrogens with zero attached hydrogens (tertiary/aromatic N) is 1. The molecule has 2 rings (SSSR count). The summed E-state index contributed by atoms with van der Waals surface area (Å²) in [4.78, 5) is 2.29. The highest BCUT2D eigenvalue weighted by molar-refractivity contribution is 7.89. The maximum absolute atomic E-state index is 11.8. The van der Waals surface area contributed by atoms with Crippen molar-refractivity contribution in [2.24, 2.45) is 0 Å². The molecule has 1 aliphatic heterocycles. The number of hydrogen-bond acceptors (Lipinski definition) is 4. The van der Waals surface area contributed by atoms with Crippen molar-refractivity contribution in [1.29, 1.82) is 0 Å². The zero-order valence-corrected chi connectivity index (χ0v) is 12.2. The average Bonchev–Trinajstić information content (AvgIpc) is 3.01. The van der Waals surface area contributed by atoms with Gasteiger partial charge in [-0.3, -0.25) is 4.90 Å². The van der Waals surface area contributed by atoms with E-state index in [1.807, 2.05) is 19.1 Å². The van der Waals surface area contributed by atoms with Gasteiger partial charge in [0.1, 0.15) is 5.76 Å². The molecule has 0 aliphatic carbocycles.